The Morgan fingerprint density at radius 2 is 1.79 bits per heavy atom. The molecule has 0 saturated carbocycles. The first-order valence-electron chi connectivity index (χ1n) is 12.9. The van der Waals surface area contributed by atoms with Gasteiger partial charge in [0.1, 0.15) is 11.5 Å². The van der Waals surface area contributed by atoms with E-state index < -0.39 is 17.7 Å². The van der Waals surface area contributed by atoms with E-state index >= 15 is 0 Å². The van der Waals surface area contributed by atoms with Crippen LogP contribution in [-0.4, -0.2) is 86.8 Å². The van der Waals surface area contributed by atoms with Crippen LogP contribution in [0.2, 0.25) is 0 Å². The number of ether oxygens (including phenoxy) is 4. The zero-order chi connectivity index (χ0) is 27.2. The number of morpholine rings is 1. The molecule has 2 heterocycles. The van der Waals surface area contributed by atoms with Crippen LogP contribution >= 0.6 is 0 Å². The number of aliphatic hydroxyl groups excluding tert-OH is 1. The van der Waals surface area contributed by atoms with E-state index in [1.165, 1.54) is 0 Å². The van der Waals surface area contributed by atoms with E-state index in [4.69, 9.17) is 18.9 Å². The maximum Gasteiger partial charge on any atom is 0.295 e. The molecule has 4 rings (SSSR count). The van der Waals surface area contributed by atoms with Crippen molar-refractivity contribution >= 4 is 17.4 Å². The van der Waals surface area contributed by atoms with E-state index in [0.717, 1.165) is 25.2 Å². The number of benzene rings is 2. The maximum atomic E-state index is 13.4. The first-order chi connectivity index (χ1) is 18.4. The van der Waals surface area contributed by atoms with Gasteiger partial charge < -0.3 is 29.0 Å². The molecule has 2 aliphatic rings. The number of hydrogen-bond donors (Lipinski definition) is 1. The molecule has 2 aliphatic heterocycles. The number of hydrogen-bond acceptors (Lipinski definition) is 8. The molecule has 2 aromatic carbocycles. The molecule has 1 amide bonds. The van der Waals surface area contributed by atoms with Gasteiger partial charge in [-0.25, -0.2) is 0 Å². The van der Waals surface area contributed by atoms with Crippen LogP contribution in [0.3, 0.4) is 0 Å². The van der Waals surface area contributed by atoms with E-state index in [1.807, 2.05) is 19.9 Å². The van der Waals surface area contributed by atoms with Crippen molar-refractivity contribution in [1.29, 1.82) is 0 Å². The van der Waals surface area contributed by atoms with Crippen molar-refractivity contribution in [2.45, 2.75) is 26.3 Å². The average molecular weight is 525 g/mol. The standard InChI is InChI=1S/C29H36N2O7/c1-5-38-23-10-7-20(18-24(23)36-4)26-25(27(32)22-9-8-21(35-3)17-19(22)2)28(33)29(34)31(26)12-6-11-30-13-15-37-16-14-30/h7-10,17-18,26,32H,5-6,11-16H2,1-4H3/t26-/m0/s1. The van der Waals surface area contributed by atoms with Crippen LogP contribution in [0, 0.1) is 6.92 Å². The molecule has 204 valence electrons. The molecule has 0 aliphatic carbocycles. The minimum absolute atomic E-state index is 0.0563. The zero-order valence-corrected chi connectivity index (χ0v) is 22.5. The first kappa shape index (κ1) is 27.5. The van der Waals surface area contributed by atoms with Crippen molar-refractivity contribution in [3.05, 3.63) is 58.7 Å². The third kappa shape index (κ3) is 5.63. The van der Waals surface area contributed by atoms with Gasteiger partial charge in [-0.15, -0.1) is 0 Å². The zero-order valence-electron chi connectivity index (χ0n) is 22.5. The van der Waals surface area contributed by atoms with Crippen LogP contribution in [-0.2, 0) is 14.3 Å². The molecule has 0 spiro atoms. The van der Waals surface area contributed by atoms with Gasteiger partial charge in [0.05, 0.1) is 45.7 Å². The smallest absolute Gasteiger partial charge is 0.295 e. The summed E-state index contributed by atoms with van der Waals surface area (Å²) in [6, 6.07) is 9.77. The SMILES string of the molecule is CCOc1ccc([C@H]2C(=C(O)c3ccc(OC)cc3C)C(=O)C(=O)N2CCCN2CCOCC2)cc1OC. The second-order valence-corrected chi connectivity index (χ2v) is 9.32. The second-order valence-electron chi connectivity index (χ2n) is 9.32. The van der Waals surface area contributed by atoms with Gasteiger partial charge in [0.15, 0.2) is 11.5 Å². The molecule has 2 aromatic rings. The number of carbonyl (C=O) groups is 2. The third-order valence-electron chi connectivity index (χ3n) is 7.01. The highest BCUT2D eigenvalue weighted by atomic mass is 16.5. The van der Waals surface area contributed by atoms with Gasteiger partial charge >= 0.3 is 0 Å². The monoisotopic (exact) mass is 524 g/mol. The number of likely N-dealkylation sites (tertiary alicyclic amines) is 1. The summed E-state index contributed by atoms with van der Waals surface area (Å²) < 4.78 is 21.9. The average Bonchev–Trinajstić information content (AvgIpc) is 3.18. The van der Waals surface area contributed by atoms with Gasteiger partial charge in [-0.05, 0) is 61.7 Å². The van der Waals surface area contributed by atoms with E-state index in [0.29, 0.717) is 61.2 Å². The quantitative estimate of drug-likeness (QED) is 0.286. The predicted octanol–water partition coefficient (Wildman–Crippen LogP) is 3.55. The Kier molecular flexibility index (Phi) is 8.91. The number of aliphatic hydroxyl groups is 1. The van der Waals surface area contributed by atoms with Crippen molar-refractivity contribution in [2.24, 2.45) is 0 Å². The van der Waals surface area contributed by atoms with E-state index in [-0.39, 0.29) is 11.3 Å². The van der Waals surface area contributed by atoms with Crippen LogP contribution < -0.4 is 14.2 Å². The topological polar surface area (TPSA) is 97.8 Å². The molecule has 9 heteroatoms. The lowest BCUT2D eigenvalue weighted by molar-refractivity contribution is -0.140. The number of carbonyl (C=O) groups excluding carboxylic acids is 2. The molecular weight excluding hydrogens is 488 g/mol. The summed E-state index contributed by atoms with van der Waals surface area (Å²) in [5.74, 6) is 0.143. The van der Waals surface area contributed by atoms with E-state index in [9.17, 15) is 14.7 Å². The maximum absolute atomic E-state index is 13.4. The number of ketones is 1. The number of methoxy groups -OCH3 is 2. The predicted molar refractivity (Wildman–Crippen MR) is 143 cm³/mol. The van der Waals surface area contributed by atoms with E-state index in [1.54, 1.807) is 49.5 Å². The fourth-order valence-electron chi connectivity index (χ4n) is 5.05. The Bertz CT molecular complexity index is 1200. The van der Waals surface area contributed by atoms with Crippen molar-refractivity contribution < 1.29 is 33.6 Å². The number of Topliss-reactive ketones (excluding diaryl/α,β-unsaturated/α-hetero) is 1. The highest BCUT2D eigenvalue weighted by molar-refractivity contribution is 6.46. The molecule has 0 aromatic heterocycles. The van der Waals surface area contributed by atoms with Gasteiger partial charge in [-0.2, -0.15) is 0 Å². The highest BCUT2D eigenvalue weighted by Crippen LogP contribution is 2.42. The number of rotatable bonds is 10. The second kappa shape index (κ2) is 12.3. The summed E-state index contributed by atoms with van der Waals surface area (Å²) in [6.45, 7) is 8.38. The summed E-state index contributed by atoms with van der Waals surface area (Å²) >= 11 is 0. The molecule has 9 nitrogen and oxygen atoms in total. The summed E-state index contributed by atoms with van der Waals surface area (Å²) in [7, 11) is 3.11. The third-order valence-corrected chi connectivity index (χ3v) is 7.01. The van der Waals surface area contributed by atoms with Crippen molar-refractivity contribution in [3.8, 4) is 17.2 Å². The van der Waals surface area contributed by atoms with E-state index in [2.05, 4.69) is 4.90 Å². The lowest BCUT2D eigenvalue weighted by Gasteiger charge is -2.29. The minimum atomic E-state index is -0.772. The molecule has 2 fully saturated rings. The van der Waals surface area contributed by atoms with Crippen molar-refractivity contribution in [1.82, 2.24) is 9.80 Å². The highest BCUT2D eigenvalue weighted by Gasteiger charge is 2.46. The fraction of sp³-hybridized carbons (Fsp3) is 0.448. The molecule has 0 unspecified atom stereocenters. The van der Waals surface area contributed by atoms with Crippen LogP contribution in [0.4, 0.5) is 0 Å². The largest absolute Gasteiger partial charge is 0.507 e. The van der Waals surface area contributed by atoms with Crippen LogP contribution in [0.25, 0.3) is 5.76 Å². The molecule has 1 atom stereocenters. The molecular formula is C29H36N2O7. The van der Waals surface area contributed by atoms with Crippen LogP contribution in [0.15, 0.2) is 42.0 Å². The Hall–Kier alpha value is -3.56. The lowest BCUT2D eigenvalue weighted by Crippen LogP contribution is -2.39. The number of aryl methyl sites for hydroxylation is 1. The number of amides is 1. The minimum Gasteiger partial charge on any atom is -0.507 e. The van der Waals surface area contributed by atoms with Crippen molar-refractivity contribution in [3.63, 3.8) is 0 Å². The summed E-state index contributed by atoms with van der Waals surface area (Å²) in [5.41, 5.74) is 1.91. The Morgan fingerprint density at radius 1 is 1.03 bits per heavy atom. The fourth-order valence-corrected chi connectivity index (χ4v) is 5.05. The van der Waals surface area contributed by atoms with Gasteiger partial charge in [0.2, 0.25) is 0 Å². The first-order valence-corrected chi connectivity index (χ1v) is 12.9. The molecule has 38 heavy (non-hydrogen) atoms. The Balaban J connectivity index is 1.75. The normalized spacial score (nSPS) is 19.6. The van der Waals surface area contributed by atoms with Crippen LogP contribution in [0.1, 0.15) is 36.1 Å². The molecule has 2 saturated heterocycles. The van der Waals surface area contributed by atoms with Gasteiger partial charge in [0.25, 0.3) is 11.7 Å². The Morgan fingerprint density at radius 3 is 2.45 bits per heavy atom. The van der Waals surface area contributed by atoms with Gasteiger partial charge in [0, 0.05) is 31.7 Å². The molecule has 0 radical (unpaired) electrons. The van der Waals surface area contributed by atoms with Gasteiger partial charge in [-0.1, -0.05) is 6.07 Å². The molecule has 1 N–H and O–H groups in total. The summed E-state index contributed by atoms with van der Waals surface area (Å²) in [5, 5.41) is 11.5. The van der Waals surface area contributed by atoms with Crippen LogP contribution in [0.5, 0.6) is 17.2 Å². The Labute approximate surface area is 223 Å². The molecule has 0 bridgehead atoms. The van der Waals surface area contributed by atoms with Crippen molar-refractivity contribution in [2.75, 3.05) is 60.2 Å². The summed E-state index contributed by atoms with van der Waals surface area (Å²) in [4.78, 5) is 30.6. The lowest BCUT2D eigenvalue weighted by atomic mass is 9.93. The van der Waals surface area contributed by atoms with Gasteiger partial charge in [-0.3, -0.25) is 14.5 Å². The summed E-state index contributed by atoms with van der Waals surface area (Å²) in [6.07, 6.45) is 0.680. The number of nitrogens with zero attached hydrogens (tertiary/aromatic N) is 2.